The average molecular weight is 716 g/mol. The number of piperidine rings is 1. The Morgan fingerprint density at radius 2 is 1.73 bits per heavy atom. The molecular formula is C37H36F3N7O5. The van der Waals surface area contributed by atoms with E-state index in [4.69, 9.17) is 5.10 Å². The number of carbonyl (C=O) groups excluding carboxylic acids is 5. The largest absolute Gasteiger partial charge is 0.416 e. The summed E-state index contributed by atoms with van der Waals surface area (Å²) in [6, 6.07) is 7.74. The minimum atomic E-state index is -4.44. The van der Waals surface area contributed by atoms with Crippen LogP contribution in [0.2, 0.25) is 0 Å². The van der Waals surface area contributed by atoms with E-state index in [9.17, 15) is 37.1 Å². The maximum Gasteiger partial charge on any atom is 0.416 e. The number of anilines is 2. The van der Waals surface area contributed by atoms with Gasteiger partial charge in [-0.3, -0.25) is 43.8 Å². The number of amides is 5. The summed E-state index contributed by atoms with van der Waals surface area (Å²) in [6.07, 6.45) is 1.38. The van der Waals surface area contributed by atoms with E-state index < -0.39 is 46.9 Å². The van der Waals surface area contributed by atoms with Crippen molar-refractivity contribution in [2.24, 2.45) is 5.92 Å². The summed E-state index contributed by atoms with van der Waals surface area (Å²) in [5.41, 5.74) is 2.75. The fraction of sp³-hybridized carbons (Fsp3) is 0.459. The minimum Gasteiger partial charge on any atom is -0.371 e. The van der Waals surface area contributed by atoms with Crippen molar-refractivity contribution in [3.8, 4) is 0 Å². The van der Waals surface area contributed by atoms with Gasteiger partial charge < -0.3 is 10.2 Å². The van der Waals surface area contributed by atoms with E-state index in [0.29, 0.717) is 43.1 Å². The van der Waals surface area contributed by atoms with Crippen molar-refractivity contribution < 1.29 is 37.1 Å². The molecule has 2 aromatic carbocycles. The molecule has 5 heterocycles. The molecule has 2 N–H and O–H groups in total. The number of hydrogen-bond donors (Lipinski definition) is 2. The fourth-order valence-corrected chi connectivity index (χ4v) is 8.38. The molecule has 3 aromatic rings. The number of benzene rings is 2. The molecule has 4 fully saturated rings. The van der Waals surface area contributed by atoms with Crippen molar-refractivity contribution in [3.05, 3.63) is 76.1 Å². The number of alkyl halides is 3. The van der Waals surface area contributed by atoms with E-state index in [2.05, 4.69) is 20.4 Å². The van der Waals surface area contributed by atoms with Gasteiger partial charge in [-0.2, -0.15) is 18.3 Å². The highest BCUT2D eigenvalue weighted by atomic mass is 19.4. The molecule has 2 aliphatic carbocycles. The molecule has 1 atom stereocenters. The summed E-state index contributed by atoms with van der Waals surface area (Å²) in [5.74, 6) is -1.94. The standard InChI is InChI=1S/C37H36F3N7O5/c38-37(39,40)23-4-7-28(26(12-23)21-2-3-21)41-35(52)36(10-1-11-36)46-18-22-17-44(19-29(22)43-46)14-20-15-45(16-20)24-5-6-25-27(13-24)34(51)47(33(25)50)30-8-9-31(48)42-32(30)49/h4-7,12-13,18,20-21,30H,1-3,8-11,14-17,19H2,(H,41,52)(H,42,48,49). The van der Waals surface area contributed by atoms with Crippen LogP contribution in [0.25, 0.3) is 0 Å². The first-order valence-corrected chi connectivity index (χ1v) is 17.8. The topological polar surface area (TPSA) is 137 Å². The maximum atomic E-state index is 13.8. The second-order valence-corrected chi connectivity index (χ2v) is 15.1. The minimum absolute atomic E-state index is 0.0262. The summed E-state index contributed by atoms with van der Waals surface area (Å²) in [5, 5.41) is 10.1. The molecular weight excluding hydrogens is 679 g/mol. The zero-order valence-electron chi connectivity index (χ0n) is 28.2. The molecule has 5 amide bonds. The van der Waals surface area contributed by atoms with Gasteiger partial charge in [-0.25, -0.2) is 0 Å². The number of carbonyl (C=O) groups is 5. The average Bonchev–Trinajstić information content (AvgIpc) is 3.66. The third-order valence-corrected chi connectivity index (χ3v) is 11.6. The lowest BCUT2D eigenvalue weighted by Gasteiger charge is -2.43. The van der Waals surface area contributed by atoms with Gasteiger partial charge in [-0.05, 0) is 86.4 Å². The lowest BCUT2D eigenvalue weighted by molar-refractivity contribution is -0.138. The van der Waals surface area contributed by atoms with E-state index in [1.807, 2.05) is 12.3 Å². The van der Waals surface area contributed by atoms with Gasteiger partial charge in [0.25, 0.3) is 17.7 Å². The highest BCUT2D eigenvalue weighted by Crippen LogP contribution is 2.47. The van der Waals surface area contributed by atoms with Crippen molar-refractivity contribution in [2.75, 3.05) is 29.9 Å². The normalized spacial score (nSPS) is 22.9. The monoisotopic (exact) mass is 715 g/mol. The Kier molecular flexibility index (Phi) is 7.41. The second-order valence-electron chi connectivity index (χ2n) is 15.1. The highest BCUT2D eigenvalue weighted by Gasteiger charge is 2.49. The molecule has 15 heteroatoms. The van der Waals surface area contributed by atoms with E-state index in [1.54, 1.807) is 16.8 Å². The number of hydrogen-bond acceptors (Lipinski definition) is 8. The third kappa shape index (κ3) is 5.39. The van der Waals surface area contributed by atoms with Crippen LogP contribution in [0.5, 0.6) is 0 Å². The number of imide groups is 2. The predicted molar refractivity (Wildman–Crippen MR) is 179 cm³/mol. The number of halogens is 3. The first-order chi connectivity index (χ1) is 24.9. The molecule has 270 valence electrons. The second kappa shape index (κ2) is 11.7. The van der Waals surface area contributed by atoms with Crippen molar-refractivity contribution in [2.45, 2.75) is 81.7 Å². The molecule has 2 saturated carbocycles. The van der Waals surface area contributed by atoms with Crippen LogP contribution in [0.4, 0.5) is 24.5 Å². The summed E-state index contributed by atoms with van der Waals surface area (Å²) in [6.45, 7) is 3.71. The predicted octanol–water partition coefficient (Wildman–Crippen LogP) is 4.15. The number of nitrogens with zero attached hydrogens (tertiary/aromatic N) is 5. The first kappa shape index (κ1) is 32.8. The lowest BCUT2D eigenvalue weighted by atomic mass is 9.76. The van der Waals surface area contributed by atoms with Crippen molar-refractivity contribution in [1.82, 2.24) is 24.9 Å². The molecule has 2 saturated heterocycles. The van der Waals surface area contributed by atoms with Gasteiger partial charge in [-0.15, -0.1) is 0 Å². The smallest absolute Gasteiger partial charge is 0.371 e. The van der Waals surface area contributed by atoms with Crippen molar-refractivity contribution >= 4 is 40.9 Å². The Bertz CT molecular complexity index is 2040. The van der Waals surface area contributed by atoms with Crippen LogP contribution in [0.1, 0.15) is 94.0 Å². The molecule has 9 rings (SSSR count). The van der Waals surface area contributed by atoms with Gasteiger partial charge in [0.2, 0.25) is 11.8 Å². The zero-order valence-corrected chi connectivity index (χ0v) is 28.2. The van der Waals surface area contributed by atoms with Gasteiger partial charge in [0.1, 0.15) is 11.6 Å². The Morgan fingerprint density at radius 1 is 0.962 bits per heavy atom. The summed E-state index contributed by atoms with van der Waals surface area (Å²) >= 11 is 0. The highest BCUT2D eigenvalue weighted by molar-refractivity contribution is 6.23. The quantitative estimate of drug-likeness (QED) is 0.332. The molecule has 4 aliphatic heterocycles. The fourth-order valence-electron chi connectivity index (χ4n) is 8.38. The SMILES string of the molecule is O=C1CCC(N2C(=O)c3ccc(N4CC(CN5Cc6cn(C7(C(=O)Nc8ccc(C(F)(F)F)cc8C8CC8)CCC7)nc6C5)C4)cc3C2=O)C(=O)N1. The lowest BCUT2D eigenvalue weighted by Crippen LogP contribution is -2.54. The number of fused-ring (bicyclic) bond motifs is 2. The van der Waals surface area contributed by atoms with Crippen LogP contribution in [-0.4, -0.2) is 74.8 Å². The first-order valence-electron chi connectivity index (χ1n) is 17.8. The Hall–Kier alpha value is -5.05. The van der Waals surface area contributed by atoms with Crippen LogP contribution in [0.3, 0.4) is 0 Å². The molecule has 52 heavy (non-hydrogen) atoms. The van der Waals surface area contributed by atoms with Crippen LogP contribution in [0, 0.1) is 5.92 Å². The third-order valence-electron chi connectivity index (χ3n) is 11.6. The number of nitrogens with one attached hydrogen (secondary N) is 2. The Morgan fingerprint density at radius 3 is 2.40 bits per heavy atom. The van der Waals surface area contributed by atoms with E-state index >= 15 is 0 Å². The molecule has 1 aromatic heterocycles. The Labute approximate surface area is 296 Å². The van der Waals surface area contributed by atoms with Crippen LogP contribution in [0.15, 0.2) is 42.6 Å². The summed E-state index contributed by atoms with van der Waals surface area (Å²) < 4.78 is 42.0. The zero-order chi connectivity index (χ0) is 36.1. The molecule has 12 nitrogen and oxygen atoms in total. The van der Waals surface area contributed by atoms with Gasteiger partial charge in [0, 0.05) is 68.2 Å². The molecule has 0 radical (unpaired) electrons. The summed E-state index contributed by atoms with van der Waals surface area (Å²) in [4.78, 5) is 69.5. The van der Waals surface area contributed by atoms with Crippen molar-refractivity contribution in [1.29, 1.82) is 0 Å². The van der Waals surface area contributed by atoms with Crippen molar-refractivity contribution in [3.63, 3.8) is 0 Å². The van der Waals surface area contributed by atoms with E-state index in [1.165, 1.54) is 12.1 Å². The summed E-state index contributed by atoms with van der Waals surface area (Å²) in [7, 11) is 0. The van der Waals surface area contributed by atoms with E-state index in [-0.39, 0.29) is 35.8 Å². The molecule has 6 aliphatic rings. The Balaban J connectivity index is 0.813. The molecule has 0 spiro atoms. The number of rotatable bonds is 8. The van der Waals surface area contributed by atoms with E-state index in [0.717, 1.165) is 66.8 Å². The van der Waals surface area contributed by atoms with Crippen LogP contribution < -0.4 is 15.5 Å². The van der Waals surface area contributed by atoms with Gasteiger partial charge in [0.05, 0.1) is 22.4 Å². The van der Waals surface area contributed by atoms with Crippen LogP contribution in [-0.2, 0) is 39.2 Å². The van der Waals surface area contributed by atoms with Gasteiger partial charge >= 0.3 is 6.18 Å². The molecule has 1 unspecified atom stereocenters. The van der Waals surface area contributed by atoms with Crippen LogP contribution >= 0.6 is 0 Å². The maximum absolute atomic E-state index is 13.8. The molecule has 0 bridgehead atoms. The van der Waals surface area contributed by atoms with Gasteiger partial charge in [-0.1, -0.05) is 0 Å². The van der Waals surface area contributed by atoms with Gasteiger partial charge in [0.15, 0.2) is 0 Å². The number of aromatic nitrogens is 2.